The summed E-state index contributed by atoms with van der Waals surface area (Å²) in [5, 5.41) is 7.12. The van der Waals surface area contributed by atoms with Crippen molar-refractivity contribution >= 4 is 11.9 Å². The zero-order valence-electron chi connectivity index (χ0n) is 16.3. The van der Waals surface area contributed by atoms with E-state index >= 15 is 0 Å². The zero-order chi connectivity index (χ0) is 22.6. The predicted molar refractivity (Wildman–Crippen MR) is 100 cm³/mol. The van der Waals surface area contributed by atoms with Crippen LogP contribution >= 0.6 is 0 Å². The van der Waals surface area contributed by atoms with E-state index in [-0.39, 0.29) is 11.7 Å². The molecule has 0 bridgehead atoms. The van der Waals surface area contributed by atoms with E-state index in [1.807, 2.05) is 11.0 Å². The van der Waals surface area contributed by atoms with Gasteiger partial charge in [-0.3, -0.25) is 14.7 Å². The number of nitrogens with zero attached hydrogens (tertiary/aromatic N) is 4. The molecule has 31 heavy (non-hydrogen) atoms. The highest BCUT2D eigenvalue weighted by molar-refractivity contribution is 5.92. The van der Waals surface area contributed by atoms with Gasteiger partial charge in [0, 0.05) is 45.1 Å². The number of amides is 1. The van der Waals surface area contributed by atoms with Crippen LogP contribution in [0.15, 0.2) is 42.9 Å². The van der Waals surface area contributed by atoms with E-state index in [1.165, 1.54) is 12.3 Å². The molecule has 2 aliphatic rings. The van der Waals surface area contributed by atoms with Crippen LogP contribution in [0.25, 0.3) is 0 Å². The van der Waals surface area contributed by atoms with Crippen LogP contribution in [0.2, 0.25) is 0 Å². The Morgan fingerprint density at radius 1 is 1.10 bits per heavy atom. The number of rotatable bonds is 3. The SMILES string of the molecule is O=C(O)C(F)(F)F.O=C(c1cnccn1)N1C[C@H]2CN(Cc3cccc(F)c3)C[C@H]2C1. The van der Waals surface area contributed by atoms with Gasteiger partial charge < -0.3 is 10.0 Å². The molecule has 11 heteroatoms. The first-order valence-electron chi connectivity index (χ1n) is 9.45. The number of carbonyl (C=O) groups is 2. The van der Waals surface area contributed by atoms with Gasteiger partial charge >= 0.3 is 12.1 Å². The third kappa shape index (κ3) is 5.97. The van der Waals surface area contributed by atoms with Crippen molar-refractivity contribution in [3.05, 3.63) is 59.9 Å². The van der Waals surface area contributed by atoms with Gasteiger partial charge in [0.1, 0.15) is 11.5 Å². The van der Waals surface area contributed by atoms with Crippen molar-refractivity contribution in [2.24, 2.45) is 11.8 Å². The molecule has 0 radical (unpaired) electrons. The Morgan fingerprint density at radius 3 is 2.26 bits per heavy atom. The number of hydrogen-bond donors (Lipinski definition) is 1. The van der Waals surface area contributed by atoms with Crippen LogP contribution in [0.4, 0.5) is 17.6 Å². The van der Waals surface area contributed by atoms with E-state index in [0.29, 0.717) is 17.5 Å². The van der Waals surface area contributed by atoms with Crippen molar-refractivity contribution < 1.29 is 32.3 Å². The monoisotopic (exact) mass is 440 g/mol. The second-order valence-electron chi connectivity index (χ2n) is 7.45. The lowest BCUT2D eigenvalue weighted by Crippen LogP contribution is -2.33. The number of carbonyl (C=O) groups excluding carboxylic acids is 1. The number of aromatic nitrogens is 2. The molecule has 3 heterocycles. The Hall–Kier alpha value is -3.08. The fourth-order valence-corrected chi connectivity index (χ4v) is 3.85. The second-order valence-corrected chi connectivity index (χ2v) is 7.45. The fourth-order valence-electron chi connectivity index (χ4n) is 3.85. The molecule has 1 N–H and O–H groups in total. The molecule has 4 rings (SSSR count). The van der Waals surface area contributed by atoms with Gasteiger partial charge in [-0.15, -0.1) is 0 Å². The molecule has 2 saturated heterocycles. The largest absolute Gasteiger partial charge is 0.490 e. The van der Waals surface area contributed by atoms with E-state index in [1.54, 1.807) is 24.5 Å². The first-order valence-corrected chi connectivity index (χ1v) is 9.45. The number of carboxylic acids is 1. The third-order valence-corrected chi connectivity index (χ3v) is 5.17. The number of benzene rings is 1. The predicted octanol–water partition coefficient (Wildman–Crippen LogP) is 2.45. The number of carboxylic acid groups (broad SMARTS) is 1. The lowest BCUT2D eigenvalue weighted by Gasteiger charge is -2.21. The molecular weight excluding hydrogens is 420 g/mol. The van der Waals surface area contributed by atoms with Crippen molar-refractivity contribution in [2.45, 2.75) is 12.7 Å². The summed E-state index contributed by atoms with van der Waals surface area (Å²) in [7, 11) is 0. The van der Waals surface area contributed by atoms with Crippen LogP contribution in [0, 0.1) is 17.7 Å². The lowest BCUT2D eigenvalue weighted by atomic mass is 10.0. The number of likely N-dealkylation sites (tertiary alicyclic amines) is 2. The molecule has 1 aromatic carbocycles. The maximum atomic E-state index is 13.3. The van der Waals surface area contributed by atoms with Crippen LogP contribution in [0.5, 0.6) is 0 Å². The average Bonchev–Trinajstić information content (AvgIpc) is 3.26. The lowest BCUT2D eigenvalue weighted by molar-refractivity contribution is -0.192. The summed E-state index contributed by atoms with van der Waals surface area (Å²) in [6.45, 7) is 4.19. The Labute approximate surface area is 175 Å². The van der Waals surface area contributed by atoms with Crippen LogP contribution in [-0.2, 0) is 11.3 Å². The molecule has 2 atom stereocenters. The standard InChI is InChI=1S/C18H19FN4O.C2HF3O2/c19-16-3-1-2-13(6-16)8-22-9-14-11-23(12-15(14)10-22)18(24)17-7-20-4-5-21-17;3-2(4,5)1(6)7/h1-7,14-15H,8-12H2;(H,6,7)/t14-,15+;. The molecule has 7 nitrogen and oxygen atoms in total. The molecule has 2 aliphatic heterocycles. The third-order valence-electron chi connectivity index (χ3n) is 5.17. The zero-order valence-corrected chi connectivity index (χ0v) is 16.3. The fraction of sp³-hybridized carbons (Fsp3) is 0.400. The summed E-state index contributed by atoms with van der Waals surface area (Å²) in [6.07, 6.45) is -0.447. The molecule has 0 unspecified atom stereocenters. The van der Waals surface area contributed by atoms with Gasteiger partial charge in [0.15, 0.2) is 0 Å². The molecule has 2 aromatic rings. The number of alkyl halides is 3. The van der Waals surface area contributed by atoms with Crippen molar-refractivity contribution in [1.82, 2.24) is 19.8 Å². The topological polar surface area (TPSA) is 86.6 Å². The summed E-state index contributed by atoms with van der Waals surface area (Å²) in [6, 6.07) is 6.78. The second kappa shape index (κ2) is 9.38. The minimum atomic E-state index is -5.08. The van der Waals surface area contributed by atoms with Crippen molar-refractivity contribution in [1.29, 1.82) is 0 Å². The Morgan fingerprint density at radius 2 is 1.74 bits per heavy atom. The molecular formula is C20H20F4N4O3. The van der Waals surface area contributed by atoms with Gasteiger partial charge in [-0.05, 0) is 29.5 Å². The smallest absolute Gasteiger partial charge is 0.475 e. The van der Waals surface area contributed by atoms with Crippen LogP contribution in [-0.4, -0.2) is 69.1 Å². The molecule has 1 amide bonds. The van der Waals surface area contributed by atoms with Gasteiger partial charge in [-0.2, -0.15) is 13.2 Å². The van der Waals surface area contributed by atoms with E-state index < -0.39 is 12.1 Å². The molecule has 2 fully saturated rings. The highest BCUT2D eigenvalue weighted by Crippen LogP contribution is 2.32. The quantitative estimate of drug-likeness (QED) is 0.738. The number of hydrogen-bond acceptors (Lipinski definition) is 5. The molecule has 0 saturated carbocycles. The normalized spacial score (nSPS) is 20.7. The Kier molecular flexibility index (Phi) is 6.84. The van der Waals surface area contributed by atoms with Gasteiger partial charge in [0.2, 0.25) is 0 Å². The summed E-state index contributed by atoms with van der Waals surface area (Å²) in [4.78, 5) is 33.7. The molecule has 1 aromatic heterocycles. The first kappa shape index (κ1) is 22.6. The summed E-state index contributed by atoms with van der Waals surface area (Å²) in [5.74, 6) is -2.01. The van der Waals surface area contributed by atoms with Crippen molar-refractivity contribution in [3.63, 3.8) is 0 Å². The minimum absolute atomic E-state index is 0.0332. The van der Waals surface area contributed by atoms with Gasteiger partial charge in [-0.1, -0.05) is 12.1 Å². The van der Waals surface area contributed by atoms with Crippen LogP contribution < -0.4 is 0 Å². The number of aliphatic carboxylic acids is 1. The van der Waals surface area contributed by atoms with Gasteiger partial charge in [0.05, 0.1) is 6.20 Å². The minimum Gasteiger partial charge on any atom is -0.475 e. The van der Waals surface area contributed by atoms with Gasteiger partial charge in [-0.25, -0.2) is 14.2 Å². The Bertz CT molecular complexity index is 912. The highest BCUT2D eigenvalue weighted by Gasteiger charge is 2.41. The number of fused-ring (bicyclic) bond motifs is 1. The van der Waals surface area contributed by atoms with E-state index in [9.17, 15) is 22.4 Å². The summed E-state index contributed by atoms with van der Waals surface area (Å²) >= 11 is 0. The van der Waals surface area contributed by atoms with Gasteiger partial charge in [0.25, 0.3) is 5.91 Å². The highest BCUT2D eigenvalue weighted by atomic mass is 19.4. The van der Waals surface area contributed by atoms with Crippen molar-refractivity contribution in [2.75, 3.05) is 26.2 Å². The molecule has 0 spiro atoms. The van der Waals surface area contributed by atoms with Crippen LogP contribution in [0.3, 0.4) is 0 Å². The maximum Gasteiger partial charge on any atom is 0.490 e. The summed E-state index contributed by atoms with van der Waals surface area (Å²) in [5.41, 5.74) is 1.41. The molecule has 166 valence electrons. The average molecular weight is 440 g/mol. The first-order chi connectivity index (χ1) is 14.6. The number of halogens is 4. The summed E-state index contributed by atoms with van der Waals surface area (Å²) < 4.78 is 45.0. The van der Waals surface area contributed by atoms with Crippen molar-refractivity contribution in [3.8, 4) is 0 Å². The van der Waals surface area contributed by atoms with E-state index in [4.69, 9.17) is 9.90 Å². The van der Waals surface area contributed by atoms with E-state index in [2.05, 4.69) is 14.9 Å². The Balaban J connectivity index is 0.000000339. The maximum absolute atomic E-state index is 13.3. The molecule has 0 aliphatic carbocycles. The van der Waals surface area contributed by atoms with E-state index in [0.717, 1.165) is 38.3 Å². The van der Waals surface area contributed by atoms with Crippen LogP contribution in [0.1, 0.15) is 16.1 Å².